The van der Waals surface area contributed by atoms with Gasteiger partial charge in [-0.1, -0.05) is 19.1 Å². The van der Waals surface area contributed by atoms with Crippen LogP contribution >= 0.6 is 0 Å². The van der Waals surface area contributed by atoms with E-state index in [0.29, 0.717) is 11.5 Å². The quantitative estimate of drug-likeness (QED) is 0.892. The Labute approximate surface area is 107 Å². The zero-order valence-corrected chi connectivity index (χ0v) is 10.8. The van der Waals surface area contributed by atoms with Gasteiger partial charge in [-0.15, -0.1) is 0 Å². The summed E-state index contributed by atoms with van der Waals surface area (Å²) in [7, 11) is 1.72. The summed E-state index contributed by atoms with van der Waals surface area (Å²) in [6, 6.07) is 7.15. The third kappa shape index (κ3) is 2.48. The summed E-state index contributed by atoms with van der Waals surface area (Å²) < 4.78 is 5.47. The van der Waals surface area contributed by atoms with Gasteiger partial charge in [0, 0.05) is 20.2 Å². The van der Waals surface area contributed by atoms with Crippen molar-refractivity contribution in [3.63, 3.8) is 0 Å². The Morgan fingerprint density at radius 3 is 2.83 bits per heavy atom. The third-order valence-corrected chi connectivity index (χ3v) is 3.67. The van der Waals surface area contributed by atoms with Gasteiger partial charge in [0.05, 0.1) is 17.4 Å². The summed E-state index contributed by atoms with van der Waals surface area (Å²) in [6.07, 6.45) is 1.19. The number of methoxy groups -OCH3 is 1. The highest BCUT2D eigenvalue weighted by Gasteiger charge is 2.27. The molecule has 4 nitrogen and oxygen atoms in total. The minimum absolute atomic E-state index is 0.167. The van der Waals surface area contributed by atoms with Crippen LogP contribution in [0.25, 0.3) is 0 Å². The van der Waals surface area contributed by atoms with Crippen LogP contribution in [0, 0.1) is 5.92 Å². The molecule has 2 rings (SSSR count). The topological polar surface area (TPSA) is 49.8 Å². The minimum atomic E-state index is -0.877. The normalized spacial score (nSPS) is 24.0. The lowest BCUT2D eigenvalue weighted by atomic mass is 9.95. The van der Waals surface area contributed by atoms with Crippen LogP contribution in [0.5, 0.6) is 0 Å². The van der Waals surface area contributed by atoms with Gasteiger partial charge < -0.3 is 14.7 Å². The van der Waals surface area contributed by atoms with Crippen LogP contribution in [0.3, 0.4) is 0 Å². The molecule has 0 saturated carbocycles. The molecule has 1 N–H and O–H groups in total. The first kappa shape index (κ1) is 12.9. The van der Waals surface area contributed by atoms with Gasteiger partial charge in [-0.3, -0.25) is 0 Å². The highest BCUT2D eigenvalue weighted by atomic mass is 16.5. The smallest absolute Gasteiger partial charge is 0.337 e. The molecule has 1 heterocycles. The zero-order chi connectivity index (χ0) is 13.1. The number of hydrogen-bond acceptors (Lipinski definition) is 3. The van der Waals surface area contributed by atoms with Crippen molar-refractivity contribution in [2.24, 2.45) is 5.92 Å². The maximum atomic E-state index is 11.2. The Morgan fingerprint density at radius 1 is 1.44 bits per heavy atom. The summed E-state index contributed by atoms with van der Waals surface area (Å²) in [4.78, 5) is 13.3. The van der Waals surface area contributed by atoms with E-state index in [2.05, 4.69) is 11.8 Å². The number of carboxylic acid groups (broad SMARTS) is 1. The highest BCUT2D eigenvalue weighted by Crippen LogP contribution is 2.27. The Balaban J connectivity index is 2.24. The maximum Gasteiger partial charge on any atom is 0.337 e. The van der Waals surface area contributed by atoms with Gasteiger partial charge in [0.1, 0.15) is 0 Å². The van der Waals surface area contributed by atoms with E-state index in [1.54, 1.807) is 19.2 Å². The van der Waals surface area contributed by atoms with Gasteiger partial charge in [-0.25, -0.2) is 4.79 Å². The number of nitrogens with zero attached hydrogens (tertiary/aromatic N) is 1. The Morgan fingerprint density at radius 2 is 2.17 bits per heavy atom. The van der Waals surface area contributed by atoms with Crippen LogP contribution in [0.4, 0.5) is 5.69 Å². The first-order valence-corrected chi connectivity index (χ1v) is 6.23. The number of rotatable bonds is 3. The molecular weight excluding hydrogens is 230 g/mol. The van der Waals surface area contributed by atoms with E-state index in [1.165, 1.54) is 0 Å². The van der Waals surface area contributed by atoms with Crippen molar-refractivity contribution in [3.05, 3.63) is 29.8 Å². The molecular formula is C14H19NO3. The number of aromatic carboxylic acids is 1. The fraction of sp³-hybridized carbons (Fsp3) is 0.500. The van der Waals surface area contributed by atoms with E-state index < -0.39 is 5.97 Å². The lowest BCUT2D eigenvalue weighted by molar-refractivity contribution is 0.0496. The molecule has 0 bridgehead atoms. The molecule has 1 saturated heterocycles. The molecule has 0 aliphatic carbocycles. The van der Waals surface area contributed by atoms with Crippen LogP contribution < -0.4 is 4.90 Å². The summed E-state index contributed by atoms with van der Waals surface area (Å²) in [5.41, 5.74) is 1.15. The molecule has 0 aromatic heterocycles. The van der Waals surface area contributed by atoms with Crippen molar-refractivity contribution < 1.29 is 14.6 Å². The first-order valence-electron chi connectivity index (χ1n) is 6.23. The third-order valence-electron chi connectivity index (χ3n) is 3.67. The van der Waals surface area contributed by atoms with Crippen LogP contribution in [-0.2, 0) is 4.74 Å². The molecule has 1 fully saturated rings. The van der Waals surface area contributed by atoms with Crippen molar-refractivity contribution in [1.82, 2.24) is 0 Å². The van der Waals surface area contributed by atoms with E-state index in [-0.39, 0.29) is 6.10 Å². The Hall–Kier alpha value is -1.55. The van der Waals surface area contributed by atoms with Crippen molar-refractivity contribution in [2.75, 3.05) is 25.1 Å². The molecule has 1 aliphatic heterocycles. The first-order chi connectivity index (χ1) is 8.63. The second kappa shape index (κ2) is 5.40. The van der Waals surface area contributed by atoms with Crippen LogP contribution in [0.2, 0.25) is 0 Å². The lowest BCUT2D eigenvalue weighted by Crippen LogP contribution is -2.44. The van der Waals surface area contributed by atoms with Crippen LogP contribution in [-0.4, -0.2) is 37.4 Å². The van der Waals surface area contributed by atoms with Gasteiger partial charge in [0.2, 0.25) is 0 Å². The monoisotopic (exact) mass is 249 g/mol. The molecule has 1 aromatic rings. The van der Waals surface area contributed by atoms with E-state index in [0.717, 1.165) is 25.2 Å². The predicted molar refractivity (Wildman–Crippen MR) is 70.2 cm³/mol. The van der Waals surface area contributed by atoms with Crippen molar-refractivity contribution in [3.8, 4) is 0 Å². The van der Waals surface area contributed by atoms with E-state index in [1.807, 2.05) is 12.1 Å². The van der Waals surface area contributed by atoms with E-state index in [4.69, 9.17) is 4.74 Å². The molecule has 2 atom stereocenters. The number of carboxylic acids is 1. The van der Waals surface area contributed by atoms with Crippen molar-refractivity contribution in [1.29, 1.82) is 0 Å². The maximum absolute atomic E-state index is 11.2. The second-order valence-electron chi connectivity index (χ2n) is 4.81. The van der Waals surface area contributed by atoms with Gasteiger partial charge in [-0.05, 0) is 24.5 Å². The predicted octanol–water partition coefficient (Wildman–Crippen LogP) is 2.25. The molecule has 0 amide bonds. The van der Waals surface area contributed by atoms with E-state index >= 15 is 0 Å². The standard InChI is InChI=1S/C14H19NO3/c1-10-7-8-15(9-13(10)18-2)12-6-4-3-5-11(12)14(16)17/h3-6,10,13H,7-9H2,1-2H3,(H,16,17). The number of carbonyl (C=O) groups is 1. The zero-order valence-electron chi connectivity index (χ0n) is 10.8. The lowest BCUT2D eigenvalue weighted by Gasteiger charge is -2.38. The molecule has 0 spiro atoms. The molecule has 2 unspecified atom stereocenters. The average Bonchev–Trinajstić information content (AvgIpc) is 2.39. The molecule has 98 valence electrons. The van der Waals surface area contributed by atoms with E-state index in [9.17, 15) is 9.90 Å². The summed E-state index contributed by atoms with van der Waals surface area (Å²) >= 11 is 0. The number of para-hydroxylation sites is 1. The SMILES string of the molecule is COC1CN(c2ccccc2C(=O)O)CCC1C. The summed E-state index contributed by atoms with van der Waals surface area (Å²) in [5.74, 6) is -0.360. The van der Waals surface area contributed by atoms with Gasteiger partial charge in [-0.2, -0.15) is 0 Å². The Bertz CT molecular complexity index is 433. The average molecular weight is 249 g/mol. The largest absolute Gasteiger partial charge is 0.478 e. The number of piperidine rings is 1. The fourth-order valence-electron chi connectivity index (χ4n) is 2.49. The molecule has 4 heteroatoms. The molecule has 1 aromatic carbocycles. The number of benzene rings is 1. The fourth-order valence-corrected chi connectivity index (χ4v) is 2.49. The number of hydrogen-bond donors (Lipinski definition) is 1. The number of anilines is 1. The summed E-state index contributed by atoms with van der Waals surface area (Å²) in [6.45, 7) is 3.81. The second-order valence-corrected chi connectivity index (χ2v) is 4.81. The van der Waals surface area contributed by atoms with Crippen molar-refractivity contribution in [2.45, 2.75) is 19.4 Å². The van der Waals surface area contributed by atoms with Crippen LogP contribution in [0.1, 0.15) is 23.7 Å². The Kier molecular flexibility index (Phi) is 3.87. The number of ether oxygens (including phenoxy) is 1. The molecule has 0 radical (unpaired) electrons. The molecule has 1 aliphatic rings. The highest BCUT2D eigenvalue weighted by molar-refractivity contribution is 5.94. The molecule has 18 heavy (non-hydrogen) atoms. The minimum Gasteiger partial charge on any atom is -0.478 e. The van der Waals surface area contributed by atoms with Crippen LogP contribution in [0.15, 0.2) is 24.3 Å². The van der Waals surface area contributed by atoms with Gasteiger partial charge in [0.15, 0.2) is 0 Å². The summed E-state index contributed by atoms with van der Waals surface area (Å²) in [5, 5.41) is 9.21. The van der Waals surface area contributed by atoms with Crippen molar-refractivity contribution >= 4 is 11.7 Å². The van der Waals surface area contributed by atoms with Gasteiger partial charge in [0.25, 0.3) is 0 Å². The van der Waals surface area contributed by atoms with Gasteiger partial charge >= 0.3 is 5.97 Å².